The van der Waals surface area contributed by atoms with Crippen LogP contribution in [-0.4, -0.2) is 10.9 Å². The summed E-state index contributed by atoms with van der Waals surface area (Å²) in [5.74, 6) is 0. The van der Waals surface area contributed by atoms with Gasteiger partial charge in [0.2, 0.25) is 0 Å². The van der Waals surface area contributed by atoms with Crippen molar-refractivity contribution in [2.45, 2.75) is 39.2 Å². The van der Waals surface area contributed by atoms with Gasteiger partial charge < -0.3 is 4.57 Å². The molecular weight excluding hydrogens is 234 g/mol. The van der Waals surface area contributed by atoms with Crippen LogP contribution < -0.4 is 0 Å². The van der Waals surface area contributed by atoms with Crippen molar-refractivity contribution in [3.8, 4) is 0 Å². The molecule has 2 rings (SSSR count). The lowest BCUT2D eigenvalue weighted by molar-refractivity contribution is 0.111. The summed E-state index contributed by atoms with van der Waals surface area (Å²) in [6.07, 6.45) is 3.98. The van der Waals surface area contributed by atoms with Crippen LogP contribution in [0.1, 0.15) is 48.1 Å². The molecule has 1 atom stereocenters. The highest BCUT2D eigenvalue weighted by Crippen LogP contribution is 2.19. The van der Waals surface area contributed by atoms with Gasteiger partial charge in [0.25, 0.3) is 0 Å². The highest BCUT2D eigenvalue weighted by molar-refractivity contribution is 5.72. The highest BCUT2D eigenvalue weighted by Gasteiger charge is 2.12. The molecule has 0 radical (unpaired) electrons. The molecule has 0 aliphatic rings. The molecule has 0 bridgehead atoms. The van der Waals surface area contributed by atoms with Crippen molar-refractivity contribution in [2.75, 3.05) is 0 Å². The Morgan fingerprint density at radius 3 is 2.47 bits per heavy atom. The Morgan fingerprint density at radius 1 is 1.11 bits per heavy atom. The van der Waals surface area contributed by atoms with Gasteiger partial charge in [-0.25, -0.2) is 0 Å². The molecule has 1 aromatic heterocycles. The van der Waals surface area contributed by atoms with Crippen LogP contribution in [0, 0.1) is 0 Å². The van der Waals surface area contributed by atoms with Crippen LogP contribution in [0.4, 0.5) is 0 Å². The molecule has 0 saturated carbocycles. The summed E-state index contributed by atoms with van der Waals surface area (Å²) >= 11 is 0. The van der Waals surface area contributed by atoms with E-state index in [1.54, 1.807) is 0 Å². The SMILES string of the molecule is CCC(C)n1c(C=O)ccc1CCc1ccccc1. The number of carbonyl (C=O) groups excluding carboxylic acids is 1. The van der Waals surface area contributed by atoms with Crippen LogP contribution in [0.25, 0.3) is 0 Å². The van der Waals surface area contributed by atoms with E-state index in [1.807, 2.05) is 12.1 Å². The summed E-state index contributed by atoms with van der Waals surface area (Å²) in [5.41, 5.74) is 3.38. The molecular formula is C17H21NO. The van der Waals surface area contributed by atoms with Crippen LogP contribution in [0.15, 0.2) is 42.5 Å². The van der Waals surface area contributed by atoms with Crippen LogP contribution in [0.3, 0.4) is 0 Å². The fourth-order valence-corrected chi connectivity index (χ4v) is 2.45. The van der Waals surface area contributed by atoms with Crippen molar-refractivity contribution in [2.24, 2.45) is 0 Å². The summed E-state index contributed by atoms with van der Waals surface area (Å²) in [6, 6.07) is 14.9. The Balaban J connectivity index is 2.16. The molecule has 0 aliphatic carbocycles. The van der Waals surface area contributed by atoms with Gasteiger partial charge in [-0.3, -0.25) is 4.79 Å². The van der Waals surface area contributed by atoms with Gasteiger partial charge in [-0.1, -0.05) is 37.3 Å². The molecule has 2 heteroatoms. The first kappa shape index (κ1) is 13.6. The first-order chi connectivity index (χ1) is 9.26. The quantitative estimate of drug-likeness (QED) is 0.713. The number of hydrogen-bond donors (Lipinski definition) is 0. The minimum Gasteiger partial charge on any atom is -0.340 e. The molecule has 2 nitrogen and oxygen atoms in total. The predicted octanol–water partition coefficient (Wildman–Crippen LogP) is 4.06. The summed E-state index contributed by atoms with van der Waals surface area (Å²) in [7, 11) is 0. The van der Waals surface area contributed by atoms with Crippen molar-refractivity contribution in [1.82, 2.24) is 4.57 Å². The first-order valence-corrected chi connectivity index (χ1v) is 6.95. The zero-order valence-electron chi connectivity index (χ0n) is 11.7. The predicted molar refractivity (Wildman–Crippen MR) is 78.7 cm³/mol. The Bertz CT molecular complexity index is 527. The van der Waals surface area contributed by atoms with Crippen molar-refractivity contribution in [3.05, 3.63) is 59.4 Å². The second-order valence-electron chi connectivity index (χ2n) is 4.98. The van der Waals surface area contributed by atoms with E-state index in [1.165, 1.54) is 11.3 Å². The number of hydrogen-bond acceptors (Lipinski definition) is 1. The number of aldehydes is 1. The number of rotatable bonds is 6. The Hall–Kier alpha value is -1.83. The lowest BCUT2D eigenvalue weighted by atomic mass is 10.1. The van der Waals surface area contributed by atoms with Gasteiger partial charge in [0.05, 0.1) is 5.69 Å². The lowest BCUT2D eigenvalue weighted by Gasteiger charge is -2.17. The Morgan fingerprint density at radius 2 is 1.84 bits per heavy atom. The minimum atomic E-state index is 0.376. The van der Waals surface area contributed by atoms with Crippen LogP contribution in [0.5, 0.6) is 0 Å². The Kier molecular flexibility index (Phi) is 4.56. The third-order valence-electron chi connectivity index (χ3n) is 3.70. The monoisotopic (exact) mass is 255 g/mol. The average Bonchev–Trinajstić information content (AvgIpc) is 2.88. The van der Waals surface area contributed by atoms with E-state index >= 15 is 0 Å². The molecule has 100 valence electrons. The normalized spacial score (nSPS) is 12.3. The van der Waals surface area contributed by atoms with E-state index < -0.39 is 0 Å². The topological polar surface area (TPSA) is 22.0 Å². The van der Waals surface area contributed by atoms with Crippen molar-refractivity contribution < 1.29 is 4.79 Å². The van der Waals surface area contributed by atoms with E-state index in [2.05, 4.69) is 48.7 Å². The second kappa shape index (κ2) is 6.37. The maximum absolute atomic E-state index is 11.1. The molecule has 0 aliphatic heterocycles. The van der Waals surface area contributed by atoms with E-state index in [-0.39, 0.29) is 0 Å². The number of aryl methyl sites for hydroxylation is 2. The first-order valence-electron chi connectivity index (χ1n) is 6.95. The largest absolute Gasteiger partial charge is 0.340 e. The van der Waals surface area contributed by atoms with Gasteiger partial charge in [-0.15, -0.1) is 0 Å². The van der Waals surface area contributed by atoms with Crippen molar-refractivity contribution in [1.29, 1.82) is 0 Å². The lowest BCUT2D eigenvalue weighted by Crippen LogP contribution is -2.11. The molecule has 1 heterocycles. The Labute approximate surface area is 115 Å². The fourth-order valence-electron chi connectivity index (χ4n) is 2.45. The number of aromatic nitrogens is 1. The molecule has 19 heavy (non-hydrogen) atoms. The molecule has 0 N–H and O–H groups in total. The maximum atomic E-state index is 11.1. The van der Waals surface area contributed by atoms with Crippen LogP contribution >= 0.6 is 0 Å². The maximum Gasteiger partial charge on any atom is 0.166 e. The van der Waals surface area contributed by atoms with Gasteiger partial charge in [0.15, 0.2) is 6.29 Å². The van der Waals surface area contributed by atoms with Crippen LogP contribution in [0.2, 0.25) is 0 Å². The van der Waals surface area contributed by atoms with Crippen LogP contribution in [-0.2, 0) is 12.8 Å². The van der Waals surface area contributed by atoms with Gasteiger partial charge in [-0.05, 0) is 43.9 Å². The number of benzene rings is 1. The fraction of sp³-hybridized carbons (Fsp3) is 0.353. The average molecular weight is 255 g/mol. The summed E-state index contributed by atoms with van der Waals surface area (Å²) in [5, 5.41) is 0. The van der Waals surface area contributed by atoms with E-state index in [0.717, 1.165) is 31.2 Å². The smallest absolute Gasteiger partial charge is 0.166 e. The number of nitrogens with zero attached hydrogens (tertiary/aromatic N) is 1. The van der Waals surface area contributed by atoms with Crippen molar-refractivity contribution >= 4 is 6.29 Å². The summed E-state index contributed by atoms with van der Waals surface area (Å²) < 4.78 is 2.18. The zero-order valence-corrected chi connectivity index (χ0v) is 11.7. The van der Waals surface area contributed by atoms with E-state index in [9.17, 15) is 4.79 Å². The zero-order chi connectivity index (χ0) is 13.7. The summed E-state index contributed by atoms with van der Waals surface area (Å²) in [6.45, 7) is 4.32. The second-order valence-corrected chi connectivity index (χ2v) is 4.98. The standard InChI is InChI=1S/C17H21NO/c1-3-14(2)18-16(11-12-17(18)13-19)10-9-15-7-5-4-6-8-15/h4-8,11-14H,3,9-10H2,1-2H3. The number of carbonyl (C=O) groups is 1. The molecule has 0 spiro atoms. The van der Waals surface area contributed by atoms with E-state index in [4.69, 9.17) is 0 Å². The molecule has 1 aromatic carbocycles. The molecule has 0 amide bonds. The molecule has 1 unspecified atom stereocenters. The summed E-state index contributed by atoms with van der Waals surface area (Å²) in [4.78, 5) is 11.1. The molecule has 2 aromatic rings. The molecule has 0 fully saturated rings. The van der Waals surface area contributed by atoms with Gasteiger partial charge in [0.1, 0.15) is 0 Å². The van der Waals surface area contributed by atoms with Gasteiger partial charge in [-0.2, -0.15) is 0 Å². The van der Waals surface area contributed by atoms with E-state index in [0.29, 0.717) is 6.04 Å². The van der Waals surface area contributed by atoms with Crippen molar-refractivity contribution in [3.63, 3.8) is 0 Å². The van der Waals surface area contributed by atoms with Gasteiger partial charge in [0, 0.05) is 11.7 Å². The molecule has 0 saturated heterocycles. The third kappa shape index (κ3) is 3.14. The third-order valence-corrected chi connectivity index (χ3v) is 3.70. The highest BCUT2D eigenvalue weighted by atomic mass is 16.1. The van der Waals surface area contributed by atoms with Gasteiger partial charge >= 0.3 is 0 Å². The minimum absolute atomic E-state index is 0.376.